The first-order chi connectivity index (χ1) is 11.1. The number of carboxylic acids is 1. The number of benzene rings is 1. The standard InChI is InChI=1S/C16H18BrN3O3/c17-12-5-3-11(4-6-12)10-14-18-16(23-19-14)13-2-1-8-20(13)9-7-15(21)22/h3-6,13H,1-2,7-10H2,(H,21,22). The molecule has 0 radical (unpaired) electrons. The second kappa shape index (κ2) is 7.23. The number of nitrogens with zero attached hydrogens (tertiary/aromatic N) is 3. The Morgan fingerprint density at radius 1 is 1.39 bits per heavy atom. The van der Waals surface area contributed by atoms with Crippen LogP contribution in [-0.2, 0) is 11.2 Å². The molecular formula is C16H18BrN3O3. The number of carbonyl (C=O) groups is 1. The summed E-state index contributed by atoms with van der Waals surface area (Å²) in [5.74, 6) is 0.476. The van der Waals surface area contributed by atoms with Crippen LogP contribution in [0.3, 0.4) is 0 Å². The fourth-order valence-corrected chi connectivity index (χ4v) is 3.14. The topological polar surface area (TPSA) is 79.5 Å². The van der Waals surface area contributed by atoms with E-state index < -0.39 is 5.97 Å². The number of hydrogen-bond donors (Lipinski definition) is 1. The van der Waals surface area contributed by atoms with E-state index in [1.807, 2.05) is 24.3 Å². The van der Waals surface area contributed by atoms with Crippen LogP contribution in [0.25, 0.3) is 0 Å². The van der Waals surface area contributed by atoms with Gasteiger partial charge >= 0.3 is 5.97 Å². The van der Waals surface area contributed by atoms with Crippen LogP contribution in [0.1, 0.15) is 42.6 Å². The Morgan fingerprint density at radius 2 is 2.17 bits per heavy atom. The van der Waals surface area contributed by atoms with Gasteiger partial charge in [-0.3, -0.25) is 9.69 Å². The molecule has 1 aromatic carbocycles. The maximum atomic E-state index is 10.7. The minimum absolute atomic E-state index is 0.0421. The lowest BCUT2D eigenvalue weighted by atomic mass is 10.1. The average molecular weight is 380 g/mol. The fraction of sp³-hybridized carbons (Fsp3) is 0.438. The first kappa shape index (κ1) is 16.1. The number of aliphatic carboxylic acids is 1. The van der Waals surface area contributed by atoms with Crippen LogP contribution in [0, 0.1) is 0 Å². The Bertz CT molecular complexity index is 671. The zero-order valence-electron chi connectivity index (χ0n) is 12.6. The molecule has 1 fully saturated rings. The Balaban J connectivity index is 1.66. The van der Waals surface area contributed by atoms with E-state index in [2.05, 4.69) is 31.0 Å². The van der Waals surface area contributed by atoms with E-state index in [0.29, 0.717) is 24.7 Å². The van der Waals surface area contributed by atoms with E-state index in [9.17, 15) is 4.79 Å². The smallest absolute Gasteiger partial charge is 0.304 e. The van der Waals surface area contributed by atoms with Gasteiger partial charge in [-0.2, -0.15) is 4.98 Å². The summed E-state index contributed by atoms with van der Waals surface area (Å²) in [6, 6.07) is 8.06. The Labute approximate surface area is 142 Å². The third-order valence-electron chi connectivity index (χ3n) is 4.02. The molecule has 1 atom stereocenters. The quantitative estimate of drug-likeness (QED) is 0.830. The zero-order chi connectivity index (χ0) is 16.2. The van der Waals surface area contributed by atoms with Crippen molar-refractivity contribution in [1.29, 1.82) is 0 Å². The first-order valence-electron chi connectivity index (χ1n) is 7.64. The van der Waals surface area contributed by atoms with Crippen molar-refractivity contribution >= 4 is 21.9 Å². The predicted molar refractivity (Wildman–Crippen MR) is 87.0 cm³/mol. The molecule has 1 saturated heterocycles. The van der Waals surface area contributed by atoms with Gasteiger partial charge in [-0.1, -0.05) is 33.2 Å². The van der Waals surface area contributed by atoms with E-state index in [-0.39, 0.29) is 12.5 Å². The lowest BCUT2D eigenvalue weighted by molar-refractivity contribution is -0.137. The summed E-state index contributed by atoms with van der Waals surface area (Å²) in [6.07, 6.45) is 2.71. The van der Waals surface area contributed by atoms with Crippen LogP contribution in [0.2, 0.25) is 0 Å². The average Bonchev–Trinajstić information content (AvgIpc) is 3.16. The van der Waals surface area contributed by atoms with Crippen LogP contribution in [-0.4, -0.2) is 39.2 Å². The van der Waals surface area contributed by atoms with Crippen molar-refractivity contribution in [1.82, 2.24) is 15.0 Å². The van der Waals surface area contributed by atoms with E-state index in [1.54, 1.807) is 0 Å². The van der Waals surface area contributed by atoms with Crippen LogP contribution in [0.5, 0.6) is 0 Å². The summed E-state index contributed by atoms with van der Waals surface area (Å²) in [5.41, 5.74) is 1.12. The van der Waals surface area contributed by atoms with E-state index in [0.717, 1.165) is 29.4 Å². The summed E-state index contributed by atoms with van der Waals surface area (Å²) in [5, 5.41) is 12.9. The Morgan fingerprint density at radius 3 is 2.91 bits per heavy atom. The molecular weight excluding hydrogens is 362 g/mol. The van der Waals surface area contributed by atoms with Crippen LogP contribution in [0.15, 0.2) is 33.3 Å². The second-order valence-electron chi connectivity index (χ2n) is 5.69. The number of halogens is 1. The van der Waals surface area contributed by atoms with Gasteiger partial charge in [-0.25, -0.2) is 0 Å². The molecule has 2 aromatic rings. The Kier molecular flexibility index (Phi) is 5.07. The van der Waals surface area contributed by atoms with Gasteiger partial charge in [0.05, 0.1) is 12.5 Å². The van der Waals surface area contributed by atoms with Gasteiger partial charge in [-0.05, 0) is 37.1 Å². The van der Waals surface area contributed by atoms with Gasteiger partial charge < -0.3 is 9.63 Å². The van der Waals surface area contributed by atoms with Gasteiger partial charge in [0.2, 0.25) is 5.89 Å². The fourth-order valence-electron chi connectivity index (χ4n) is 2.87. The van der Waals surface area contributed by atoms with Crippen molar-refractivity contribution in [3.63, 3.8) is 0 Å². The molecule has 23 heavy (non-hydrogen) atoms. The normalized spacial score (nSPS) is 18.4. The molecule has 1 aromatic heterocycles. The van der Waals surface area contributed by atoms with Crippen LogP contribution < -0.4 is 0 Å². The lowest BCUT2D eigenvalue weighted by Gasteiger charge is -2.20. The third kappa shape index (κ3) is 4.17. The summed E-state index contributed by atoms with van der Waals surface area (Å²) in [6.45, 7) is 1.40. The summed E-state index contributed by atoms with van der Waals surface area (Å²) < 4.78 is 6.46. The molecule has 7 heteroatoms. The van der Waals surface area contributed by atoms with Gasteiger partial charge in [0.15, 0.2) is 5.82 Å². The number of carboxylic acid groups (broad SMARTS) is 1. The van der Waals surface area contributed by atoms with E-state index >= 15 is 0 Å². The van der Waals surface area contributed by atoms with Crippen LogP contribution in [0.4, 0.5) is 0 Å². The molecule has 2 heterocycles. The van der Waals surface area contributed by atoms with Crippen molar-refractivity contribution in [2.24, 2.45) is 0 Å². The SMILES string of the molecule is O=C(O)CCN1CCCC1c1nc(Cc2ccc(Br)cc2)no1. The maximum absolute atomic E-state index is 10.7. The minimum atomic E-state index is -0.780. The van der Waals surface area contributed by atoms with Crippen LogP contribution >= 0.6 is 15.9 Å². The number of rotatable bonds is 6. The summed E-state index contributed by atoms with van der Waals surface area (Å²) in [7, 11) is 0. The molecule has 0 saturated carbocycles. The molecule has 0 spiro atoms. The predicted octanol–water partition coefficient (Wildman–Crippen LogP) is 3.03. The maximum Gasteiger partial charge on any atom is 0.304 e. The molecule has 1 N–H and O–H groups in total. The van der Waals surface area contributed by atoms with Crippen molar-refractivity contribution in [2.75, 3.05) is 13.1 Å². The van der Waals surface area contributed by atoms with Gasteiger partial charge in [-0.15, -0.1) is 0 Å². The monoisotopic (exact) mass is 379 g/mol. The highest BCUT2D eigenvalue weighted by atomic mass is 79.9. The van der Waals surface area contributed by atoms with Crippen molar-refractivity contribution in [3.8, 4) is 0 Å². The molecule has 6 nitrogen and oxygen atoms in total. The minimum Gasteiger partial charge on any atom is -0.481 e. The highest BCUT2D eigenvalue weighted by molar-refractivity contribution is 9.10. The molecule has 0 bridgehead atoms. The number of likely N-dealkylation sites (tertiary alicyclic amines) is 1. The third-order valence-corrected chi connectivity index (χ3v) is 4.55. The van der Waals surface area contributed by atoms with Gasteiger partial charge in [0.25, 0.3) is 0 Å². The highest BCUT2D eigenvalue weighted by Gasteiger charge is 2.30. The molecule has 1 aliphatic rings. The Hall–Kier alpha value is -1.73. The summed E-state index contributed by atoms with van der Waals surface area (Å²) in [4.78, 5) is 17.4. The molecule has 0 aliphatic carbocycles. The van der Waals surface area contributed by atoms with Crippen molar-refractivity contribution in [2.45, 2.75) is 31.7 Å². The number of hydrogen-bond acceptors (Lipinski definition) is 5. The molecule has 122 valence electrons. The van der Waals surface area contributed by atoms with Gasteiger partial charge in [0, 0.05) is 17.4 Å². The first-order valence-corrected chi connectivity index (χ1v) is 8.44. The lowest BCUT2D eigenvalue weighted by Crippen LogP contribution is -2.26. The second-order valence-corrected chi connectivity index (χ2v) is 6.61. The van der Waals surface area contributed by atoms with Crippen molar-refractivity contribution < 1.29 is 14.4 Å². The van der Waals surface area contributed by atoms with Gasteiger partial charge in [0.1, 0.15) is 0 Å². The molecule has 3 rings (SSSR count). The largest absolute Gasteiger partial charge is 0.481 e. The summed E-state index contributed by atoms with van der Waals surface area (Å²) >= 11 is 3.41. The highest BCUT2D eigenvalue weighted by Crippen LogP contribution is 2.31. The van der Waals surface area contributed by atoms with Crippen molar-refractivity contribution in [3.05, 3.63) is 46.0 Å². The zero-order valence-corrected chi connectivity index (χ0v) is 14.2. The molecule has 1 aliphatic heterocycles. The molecule has 0 amide bonds. The molecule has 1 unspecified atom stereocenters. The van der Waals surface area contributed by atoms with E-state index in [1.165, 1.54) is 0 Å². The number of aromatic nitrogens is 2. The van der Waals surface area contributed by atoms with E-state index in [4.69, 9.17) is 9.63 Å².